The van der Waals surface area contributed by atoms with Gasteiger partial charge < -0.3 is 10.1 Å². The summed E-state index contributed by atoms with van der Waals surface area (Å²) in [7, 11) is -3.85. The van der Waals surface area contributed by atoms with E-state index in [1.54, 1.807) is 18.2 Å². The number of anilines is 1. The van der Waals surface area contributed by atoms with Gasteiger partial charge in [-0.25, -0.2) is 23.5 Å². The van der Waals surface area contributed by atoms with E-state index in [1.165, 1.54) is 24.5 Å². The first-order chi connectivity index (χ1) is 12.3. The number of carbonyl (C=O) groups is 1. The van der Waals surface area contributed by atoms with Crippen LogP contribution in [0.5, 0.6) is 5.88 Å². The monoisotopic (exact) mass is 436 g/mol. The van der Waals surface area contributed by atoms with Gasteiger partial charge in [0.05, 0.1) is 15.8 Å². The lowest BCUT2D eigenvalue weighted by Gasteiger charge is -2.09. The number of aromatic nitrogens is 2. The second kappa shape index (κ2) is 7.36. The molecule has 3 N–H and O–H groups in total. The lowest BCUT2D eigenvalue weighted by molar-refractivity contribution is -0.118. The lowest BCUT2D eigenvalue weighted by Crippen LogP contribution is -2.21. The summed E-state index contributed by atoms with van der Waals surface area (Å²) in [5, 5.41) is 8.28. The van der Waals surface area contributed by atoms with E-state index >= 15 is 0 Å². The van der Waals surface area contributed by atoms with Crippen molar-refractivity contribution in [2.45, 2.75) is 4.90 Å². The summed E-state index contributed by atoms with van der Waals surface area (Å²) in [6.45, 7) is -0.307. The molecule has 0 aliphatic heterocycles. The summed E-state index contributed by atoms with van der Waals surface area (Å²) in [4.78, 5) is 20.2. The summed E-state index contributed by atoms with van der Waals surface area (Å²) in [6.07, 6.45) is 1.35. The van der Waals surface area contributed by atoms with E-state index in [9.17, 15) is 13.2 Å². The Morgan fingerprint density at radius 2 is 2.00 bits per heavy atom. The SMILES string of the molecule is NS(=O)(=O)c1cccc(NC(=O)COc2ncnc3ccc(Br)cc23)c1. The van der Waals surface area contributed by atoms with Crippen molar-refractivity contribution in [3.05, 3.63) is 53.3 Å². The number of amides is 1. The summed E-state index contributed by atoms with van der Waals surface area (Å²) in [5.74, 6) is -0.205. The molecule has 26 heavy (non-hydrogen) atoms. The topological polar surface area (TPSA) is 124 Å². The number of ether oxygens (including phenoxy) is 1. The number of nitrogens with two attached hydrogens (primary N) is 1. The molecule has 0 bridgehead atoms. The number of carbonyl (C=O) groups excluding carboxylic acids is 1. The van der Waals surface area contributed by atoms with Gasteiger partial charge in [0.15, 0.2) is 6.61 Å². The van der Waals surface area contributed by atoms with E-state index in [2.05, 4.69) is 31.2 Å². The smallest absolute Gasteiger partial charge is 0.262 e. The quantitative estimate of drug-likeness (QED) is 0.630. The Hall–Kier alpha value is -2.56. The van der Waals surface area contributed by atoms with Crippen molar-refractivity contribution in [2.75, 3.05) is 11.9 Å². The summed E-state index contributed by atoms with van der Waals surface area (Å²) in [6, 6.07) is 11.1. The molecule has 134 valence electrons. The highest BCUT2D eigenvalue weighted by atomic mass is 79.9. The van der Waals surface area contributed by atoms with Gasteiger partial charge in [-0.2, -0.15) is 0 Å². The minimum atomic E-state index is -3.85. The van der Waals surface area contributed by atoms with Gasteiger partial charge in [0.1, 0.15) is 6.33 Å². The lowest BCUT2D eigenvalue weighted by atomic mass is 10.2. The number of nitrogens with one attached hydrogen (secondary N) is 1. The largest absolute Gasteiger partial charge is 0.467 e. The van der Waals surface area contributed by atoms with E-state index in [-0.39, 0.29) is 17.4 Å². The maximum Gasteiger partial charge on any atom is 0.262 e. The number of benzene rings is 2. The second-order valence-electron chi connectivity index (χ2n) is 5.25. The van der Waals surface area contributed by atoms with Gasteiger partial charge in [0.2, 0.25) is 15.9 Å². The van der Waals surface area contributed by atoms with Crippen LogP contribution in [0.3, 0.4) is 0 Å². The molecular weight excluding hydrogens is 424 g/mol. The number of primary sulfonamides is 1. The number of hydrogen-bond acceptors (Lipinski definition) is 6. The number of fused-ring (bicyclic) bond motifs is 1. The highest BCUT2D eigenvalue weighted by Gasteiger charge is 2.11. The predicted octanol–water partition coefficient (Wildman–Crippen LogP) is 2.06. The molecule has 0 fully saturated rings. The van der Waals surface area contributed by atoms with Gasteiger partial charge in [0, 0.05) is 10.2 Å². The predicted molar refractivity (Wildman–Crippen MR) is 99.2 cm³/mol. The molecular formula is C16H13BrN4O4S. The van der Waals surface area contributed by atoms with Crippen LogP contribution in [-0.2, 0) is 14.8 Å². The zero-order valence-corrected chi connectivity index (χ0v) is 15.6. The first kappa shape index (κ1) is 18.2. The average Bonchev–Trinajstić information content (AvgIpc) is 2.59. The van der Waals surface area contributed by atoms with Crippen LogP contribution in [0.2, 0.25) is 0 Å². The van der Waals surface area contributed by atoms with Gasteiger partial charge in [-0.05, 0) is 36.4 Å². The van der Waals surface area contributed by atoms with Gasteiger partial charge in [0.25, 0.3) is 5.91 Å². The molecule has 1 heterocycles. The Morgan fingerprint density at radius 1 is 1.19 bits per heavy atom. The molecule has 2 aromatic carbocycles. The molecule has 0 aliphatic carbocycles. The second-order valence-corrected chi connectivity index (χ2v) is 7.73. The van der Waals surface area contributed by atoms with E-state index in [1.807, 2.05) is 6.07 Å². The van der Waals surface area contributed by atoms with Crippen LogP contribution >= 0.6 is 15.9 Å². The Labute approximate surface area is 157 Å². The zero-order chi connectivity index (χ0) is 18.7. The van der Waals surface area contributed by atoms with Crippen molar-refractivity contribution in [3.63, 3.8) is 0 Å². The average molecular weight is 437 g/mol. The maximum absolute atomic E-state index is 12.1. The third-order valence-corrected chi connectivity index (χ3v) is 4.75. The van der Waals surface area contributed by atoms with Crippen LogP contribution in [-0.4, -0.2) is 30.9 Å². The molecule has 3 aromatic rings. The van der Waals surface area contributed by atoms with E-state index in [0.29, 0.717) is 16.6 Å². The first-order valence-electron chi connectivity index (χ1n) is 7.29. The molecule has 0 atom stereocenters. The minimum Gasteiger partial charge on any atom is -0.467 e. The molecule has 0 aliphatic rings. The molecule has 3 rings (SSSR count). The molecule has 0 spiro atoms. The van der Waals surface area contributed by atoms with E-state index < -0.39 is 15.9 Å². The maximum atomic E-state index is 12.1. The number of sulfonamides is 1. The van der Waals surface area contributed by atoms with Gasteiger partial charge >= 0.3 is 0 Å². The van der Waals surface area contributed by atoms with Crippen molar-refractivity contribution in [1.29, 1.82) is 0 Å². The Bertz CT molecular complexity index is 1090. The molecule has 10 heteroatoms. The Balaban J connectivity index is 1.71. The molecule has 0 radical (unpaired) electrons. The van der Waals surface area contributed by atoms with Crippen molar-refractivity contribution in [2.24, 2.45) is 5.14 Å². The number of rotatable bonds is 5. The minimum absolute atomic E-state index is 0.0946. The van der Waals surface area contributed by atoms with E-state index in [0.717, 1.165) is 4.47 Å². The van der Waals surface area contributed by atoms with Crippen molar-refractivity contribution in [3.8, 4) is 5.88 Å². The van der Waals surface area contributed by atoms with Crippen LogP contribution in [0.15, 0.2) is 58.2 Å². The van der Waals surface area contributed by atoms with Gasteiger partial charge in [-0.3, -0.25) is 4.79 Å². The standard InChI is InChI=1S/C16H13BrN4O4S/c17-10-4-5-14-13(6-10)16(20-9-19-14)25-8-15(22)21-11-2-1-3-12(7-11)26(18,23)24/h1-7,9H,8H2,(H,21,22)(H2,18,23,24). The fraction of sp³-hybridized carbons (Fsp3) is 0.0625. The zero-order valence-electron chi connectivity index (χ0n) is 13.2. The Morgan fingerprint density at radius 3 is 2.77 bits per heavy atom. The summed E-state index contributed by atoms with van der Waals surface area (Å²) < 4.78 is 29.0. The highest BCUT2D eigenvalue weighted by Crippen LogP contribution is 2.24. The first-order valence-corrected chi connectivity index (χ1v) is 9.62. The van der Waals surface area contributed by atoms with Crippen LogP contribution in [0.25, 0.3) is 10.9 Å². The van der Waals surface area contributed by atoms with Crippen LogP contribution in [0.4, 0.5) is 5.69 Å². The molecule has 1 aromatic heterocycles. The summed E-state index contributed by atoms with van der Waals surface area (Å²) >= 11 is 3.36. The van der Waals surface area contributed by atoms with E-state index in [4.69, 9.17) is 9.88 Å². The Kier molecular flexibility index (Phi) is 5.16. The third kappa shape index (κ3) is 4.34. The van der Waals surface area contributed by atoms with Crippen LogP contribution in [0, 0.1) is 0 Å². The highest BCUT2D eigenvalue weighted by molar-refractivity contribution is 9.10. The molecule has 0 unspecified atom stereocenters. The molecule has 8 nitrogen and oxygen atoms in total. The third-order valence-electron chi connectivity index (χ3n) is 3.35. The van der Waals surface area contributed by atoms with Crippen LogP contribution < -0.4 is 15.2 Å². The van der Waals surface area contributed by atoms with Crippen molar-refractivity contribution < 1.29 is 17.9 Å². The molecule has 1 amide bonds. The summed E-state index contributed by atoms with van der Waals surface area (Å²) in [5.41, 5.74) is 0.972. The van der Waals surface area contributed by atoms with Gasteiger partial charge in [-0.1, -0.05) is 22.0 Å². The number of halogens is 1. The normalized spacial score (nSPS) is 11.3. The number of hydrogen-bond donors (Lipinski definition) is 2. The fourth-order valence-corrected chi connectivity index (χ4v) is 3.12. The molecule has 0 saturated heterocycles. The number of nitrogens with zero attached hydrogens (tertiary/aromatic N) is 2. The van der Waals surface area contributed by atoms with Crippen LogP contribution in [0.1, 0.15) is 0 Å². The van der Waals surface area contributed by atoms with Crippen molar-refractivity contribution >= 4 is 48.5 Å². The van der Waals surface area contributed by atoms with Crippen molar-refractivity contribution in [1.82, 2.24) is 9.97 Å². The fourth-order valence-electron chi connectivity index (χ4n) is 2.20. The van der Waals surface area contributed by atoms with Gasteiger partial charge in [-0.15, -0.1) is 0 Å². The molecule has 0 saturated carbocycles.